The lowest BCUT2D eigenvalue weighted by molar-refractivity contribution is -0.124. The number of carbonyl (C=O) groups excluding carboxylic acids is 1. The Morgan fingerprint density at radius 3 is 2.62 bits per heavy atom. The Hall–Kier alpha value is -2.13. The zero-order chi connectivity index (χ0) is 17.5. The van der Waals surface area contributed by atoms with E-state index < -0.39 is 0 Å². The van der Waals surface area contributed by atoms with Crippen LogP contribution in [0.2, 0.25) is 0 Å². The van der Waals surface area contributed by atoms with Gasteiger partial charge < -0.3 is 21.1 Å². The topological polar surface area (TPSA) is 88.7 Å². The second kappa shape index (κ2) is 10.1. The number of amides is 1. The van der Waals surface area contributed by atoms with Crippen molar-refractivity contribution in [3.05, 3.63) is 60.2 Å². The maximum absolute atomic E-state index is 12.1. The van der Waals surface area contributed by atoms with Gasteiger partial charge in [0.15, 0.2) is 5.96 Å². The molecule has 1 aliphatic heterocycles. The molecule has 6 nitrogen and oxygen atoms in total. The smallest absolute Gasteiger partial charge is 0.253 e. The van der Waals surface area contributed by atoms with E-state index in [-0.39, 0.29) is 36.0 Å². The monoisotopic (exact) mass is 466 g/mol. The Labute approximate surface area is 170 Å². The largest absolute Gasteiger partial charge is 0.370 e. The number of hydrogen-bond donors (Lipinski definition) is 3. The number of benzene rings is 2. The fourth-order valence-electron chi connectivity index (χ4n) is 2.64. The van der Waals surface area contributed by atoms with E-state index in [1.165, 1.54) is 0 Å². The number of nitrogens with two attached hydrogens (primary N) is 1. The highest BCUT2D eigenvalue weighted by Gasteiger charge is 2.23. The van der Waals surface area contributed by atoms with Gasteiger partial charge in [0, 0.05) is 18.0 Å². The number of rotatable bonds is 5. The van der Waals surface area contributed by atoms with Crippen LogP contribution in [0.4, 0.5) is 11.4 Å². The normalized spacial score (nSPS) is 16.6. The molecule has 2 aromatic rings. The van der Waals surface area contributed by atoms with Crippen LogP contribution in [0.3, 0.4) is 0 Å². The third-order valence-electron chi connectivity index (χ3n) is 3.89. The van der Waals surface area contributed by atoms with E-state index in [2.05, 4.69) is 15.6 Å². The average molecular weight is 466 g/mol. The summed E-state index contributed by atoms with van der Waals surface area (Å²) in [5, 5.41) is 5.93. The molecule has 1 atom stereocenters. The van der Waals surface area contributed by atoms with Crippen LogP contribution in [0.25, 0.3) is 0 Å². The van der Waals surface area contributed by atoms with E-state index in [9.17, 15) is 4.79 Å². The first-order chi connectivity index (χ1) is 12.2. The van der Waals surface area contributed by atoms with Gasteiger partial charge in [-0.05, 0) is 42.7 Å². The first kappa shape index (κ1) is 20.2. The summed E-state index contributed by atoms with van der Waals surface area (Å²) in [6.07, 6.45) is 1.37. The summed E-state index contributed by atoms with van der Waals surface area (Å²) >= 11 is 0. The molecule has 138 valence electrons. The lowest BCUT2D eigenvalue weighted by atomic mass is 10.2. The van der Waals surface area contributed by atoms with Crippen molar-refractivity contribution in [2.75, 3.05) is 17.2 Å². The van der Waals surface area contributed by atoms with Crippen molar-refractivity contribution >= 4 is 47.2 Å². The van der Waals surface area contributed by atoms with Crippen LogP contribution in [-0.2, 0) is 16.1 Å². The number of halogens is 1. The van der Waals surface area contributed by atoms with Crippen LogP contribution < -0.4 is 16.4 Å². The van der Waals surface area contributed by atoms with Gasteiger partial charge in [-0.25, -0.2) is 4.99 Å². The van der Waals surface area contributed by atoms with Crippen molar-refractivity contribution < 1.29 is 9.53 Å². The van der Waals surface area contributed by atoms with Crippen LogP contribution in [0.1, 0.15) is 18.4 Å². The number of nitrogens with one attached hydrogen (secondary N) is 2. The Morgan fingerprint density at radius 2 is 1.88 bits per heavy atom. The average Bonchev–Trinajstić information content (AvgIpc) is 3.16. The van der Waals surface area contributed by atoms with Crippen molar-refractivity contribution in [2.24, 2.45) is 10.7 Å². The zero-order valence-corrected chi connectivity index (χ0v) is 16.7. The number of para-hydroxylation sites is 1. The first-order valence-electron chi connectivity index (χ1n) is 8.34. The molecule has 1 unspecified atom stereocenters. The third kappa shape index (κ3) is 5.99. The molecule has 3 rings (SSSR count). The predicted octanol–water partition coefficient (Wildman–Crippen LogP) is 3.35. The Balaban J connectivity index is 0.00000243. The SMILES string of the molecule is I.NC(=NCc1cccc(NC(=O)C2CCCO2)c1)Nc1ccccc1. The molecular weight excluding hydrogens is 443 g/mol. The molecule has 1 aliphatic rings. The van der Waals surface area contributed by atoms with Crippen molar-refractivity contribution in [2.45, 2.75) is 25.5 Å². The van der Waals surface area contributed by atoms with Crippen molar-refractivity contribution in [1.29, 1.82) is 0 Å². The van der Waals surface area contributed by atoms with E-state index in [0.717, 1.165) is 29.8 Å². The van der Waals surface area contributed by atoms with Crippen LogP contribution >= 0.6 is 24.0 Å². The summed E-state index contributed by atoms with van der Waals surface area (Å²) in [7, 11) is 0. The predicted molar refractivity (Wildman–Crippen MR) is 115 cm³/mol. The van der Waals surface area contributed by atoms with Crippen LogP contribution in [0, 0.1) is 0 Å². The molecule has 1 heterocycles. The number of aliphatic imine (C=N–C) groups is 1. The lowest BCUT2D eigenvalue weighted by Gasteiger charge is -2.11. The molecule has 0 aromatic heterocycles. The van der Waals surface area contributed by atoms with Crippen LogP contribution in [0.5, 0.6) is 0 Å². The Morgan fingerprint density at radius 1 is 1.12 bits per heavy atom. The van der Waals surface area contributed by atoms with Gasteiger partial charge in [-0.1, -0.05) is 30.3 Å². The molecule has 0 saturated carbocycles. The zero-order valence-electron chi connectivity index (χ0n) is 14.4. The van der Waals surface area contributed by atoms with E-state index in [4.69, 9.17) is 10.5 Å². The van der Waals surface area contributed by atoms with E-state index >= 15 is 0 Å². The minimum atomic E-state index is -0.340. The maximum Gasteiger partial charge on any atom is 0.253 e. The Bertz CT molecular complexity index is 746. The molecule has 0 bridgehead atoms. The van der Waals surface area contributed by atoms with Gasteiger partial charge in [0.2, 0.25) is 0 Å². The van der Waals surface area contributed by atoms with Crippen molar-refractivity contribution in [3.8, 4) is 0 Å². The van der Waals surface area contributed by atoms with E-state index in [1.807, 2.05) is 54.6 Å². The number of anilines is 2. The second-order valence-corrected chi connectivity index (χ2v) is 5.88. The van der Waals surface area contributed by atoms with Crippen LogP contribution in [0.15, 0.2) is 59.6 Å². The molecule has 26 heavy (non-hydrogen) atoms. The van der Waals surface area contributed by atoms with Gasteiger partial charge in [-0.15, -0.1) is 24.0 Å². The Kier molecular flexibility index (Phi) is 7.86. The van der Waals surface area contributed by atoms with Gasteiger partial charge in [-0.3, -0.25) is 4.79 Å². The number of carbonyl (C=O) groups is 1. The molecule has 1 amide bonds. The van der Waals surface area contributed by atoms with E-state index in [1.54, 1.807) is 0 Å². The standard InChI is InChI=1S/C19H22N4O2.HI/c20-19(23-15-7-2-1-3-8-15)21-13-14-6-4-9-16(12-14)22-18(24)17-10-5-11-25-17;/h1-4,6-9,12,17H,5,10-11,13H2,(H,22,24)(H3,20,21,23);1H. The van der Waals surface area contributed by atoms with Gasteiger partial charge >= 0.3 is 0 Å². The minimum Gasteiger partial charge on any atom is -0.370 e. The van der Waals surface area contributed by atoms with Gasteiger partial charge in [-0.2, -0.15) is 0 Å². The third-order valence-corrected chi connectivity index (χ3v) is 3.89. The minimum absolute atomic E-state index is 0. The molecule has 1 fully saturated rings. The van der Waals surface area contributed by atoms with Gasteiger partial charge in [0.1, 0.15) is 6.10 Å². The number of ether oxygens (including phenoxy) is 1. The number of nitrogens with zero attached hydrogens (tertiary/aromatic N) is 1. The van der Waals surface area contributed by atoms with Gasteiger partial charge in [0.05, 0.1) is 6.54 Å². The lowest BCUT2D eigenvalue weighted by Crippen LogP contribution is -2.26. The molecule has 0 aliphatic carbocycles. The second-order valence-electron chi connectivity index (χ2n) is 5.88. The summed E-state index contributed by atoms with van der Waals surface area (Å²) in [6, 6.07) is 17.2. The highest BCUT2D eigenvalue weighted by atomic mass is 127. The van der Waals surface area contributed by atoms with E-state index in [0.29, 0.717) is 19.1 Å². The molecule has 0 spiro atoms. The summed E-state index contributed by atoms with van der Waals surface area (Å²) < 4.78 is 5.39. The molecule has 7 heteroatoms. The first-order valence-corrected chi connectivity index (χ1v) is 8.34. The quantitative estimate of drug-likeness (QED) is 0.358. The van der Waals surface area contributed by atoms with Gasteiger partial charge in [0.25, 0.3) is 5.91 Å². The summed E-state index contributed by atoms with van der Waals surface area (Å²) in [6.45, 7) is 1.08. The summed E-state index contributed by atoms with van der Waals surface area (Å²) in [5.74, 6) is 0.253. The summed E-state index contributed by atoms with van der Waals surface area (Å²) in [5.41, 5.74) is 8.50. The molecular formula is C19H23IN4O2. The maximum atomic E-state index is 12.1. The molecule has 2 aromatic carbocycles. The van der Waals surface area contributed by atoms with Crippen molar-refractivity contribution in [1.82, 2.24) is 0 Å². The molecule has 1 saturated heterocycles. The van der Waals surface area contributed by atoms with Crippen molar-refractivity contribution in [3.63, 3.8) is 0 Å². The fourth-order valence-corrected chi connectivity index (χ4v) is 2.64. The molecule has 4 N–H and O–H groups in total. The van der Waals surface area contributed by atoms with Crippen LogP contribution in [-0.4, -0.2) is 24.6 Å². The highest BCUT2D eigenvalue weighted by Crippen LogP contribution is 2.16. The fraction of sp³-hybridized carbons (Fsp3) is 0.263. The number of guanidine groups is 1. The number of hydrogen-bond acceptors (Lipinski definition) is 3. The highest BCUT2D eigenvalue weighted by molar-refractivity contribution is 14.0. The summed E-state index contributed by atoms with van der Waals surface area (Å²) in [4.78, 5) is 16.4. The molecule has 0 radical (unpaired) electrons.